The number of carbonyl (C=O) groups is 1. The molecule has 2 bridgehead atoms. The largest absolute Gasteiger partial charge is 0.508 e. The van der Waals surface area contributed by atoms with Gasteiger partial charge in [-0.25, -0.2) is 0 Å². The van der Waals surface area contributed by atoms with Crippen LogP contribution in [0.1, 0.15) is 55.4 Å². The number of phenols is 1. The van der Waals surface area contributed by atoms with Gasteiger partial charge in [0.2, 0.25) is 0 Å². The molecule has 2 heterocycles. The fraction of sp³-hybridized carbons (Fsp3) is 0.531. The molecular formula is C32H38N2O4. The first-order valence-electron chi connectivity index (χ1n) is 13.9. The Bertz CT molecular complexity index is 1340. The van der Waals surface area contributed by atoms with Crippen LogP contribution in [0.2, 0.25) is 0 Å². The van der Waals surface area contributed by atoms with E-state index in [-0.39, 0.29) is 23.5 Å². The SMILES string of the molecule is COc1cc(O)c2c3c1O[C@H]1[C@H](N(CC(C)C)C(=O)C#Cc4cccc(C)c4)CC[C@H]4[C@@H](C2)N(C)CC[C@@]341. The molecule has 1 saturated heterocycles. The van der Waals surface area contributed by atoms with E-state index in [2.05, 4.69) is 37.6 Å². The topological polar surface area (TPSA) is 62.2 Å². The highest BCUT2D eigenvalue weighted by Gasteiger charge is 2.66. The predicted octanol–water partition coefficient (Wildman–Crippen LogP) is 4.28. The molecule has 2 aromatic rings. The molecule has 2 aliphatic carbocycles. The normalized spacial score (nSPS) is 28.7. The maximum atomic E-state index is 13.8. The average Bonchev–Trinajstić information content (AvgIpc) is 3.23. The maximum absolute atomic E-state index is 13.8. The number of hydrogen-bond acceptors (Lipinski definition) is 5. The van der Waals surface area contributed by atoms with Crippen LogP contribution in [0.5, 0.6) is 17.2 Å². The number of aryl methyl sites for hydroxylation is 1. The van der Waals surface area contributed by atoms with E-state index in [0.717, 1.165) is 60.2 Å². The fourth-order valence-electron chi connectivity index (χ4n) is 7.92. The van der Waals surface area contributed by atoms with Gasteiger partial charge in [-0.15, -0.1) is 0 Å². The molecule has 6 heteroatoms. The molecule has 4 aliphatic rings. The van der Waals surface area contributed by atoms with Crippen molar-refractivity contribution in [1.82, 2.24) is 9.80 Å². The first-order chi connectivity index (χ1) is 18.2. The molecule has 0 unspecified atom stereocenters. The third-order valence-corrected chi connectivity index (χ3v) is 9.43. The molecule has 6 nitrogen and oxygen atoms in total. The van der Waals surface area contributed by atoms with Crippen LogP contribution in [0.3, 0.4) is 0 Å². The van der Waals surface area contributed by atoms with Crippen LogP contribution in [0.25, 0.3) is 0 Å². The van der Waals surface area contributed by atoms with Crippen molar-refractivity contribution in [3.05, 3.63) is 52.6 Å². The predicted molar refractivity (Wildman–Crippen MR) is 147 cm³/mol. The number of ether oxygens (including phenoxy) is 2. The highest BCUT2D eigenvalue weighted by molar-refractivity contribution is 5.94. The van der Waals surface area contributed by atoms with Crippen molar-refractivity contribution < 1.29 is 19.4 Å². The minimum absolute atomic E-state index is 0.0952. The van der Waals surface area contributed by atoms with Crippen LogP contribution in [-0.2, 0) is 16.6 Å². The number of methoxy groups -OCH3 is 1. The Balaban J connectivity index is 1.43. The van der Waals surface area contributed by atoms with E-state index in [1.54, 1.807) is 13.2 Å². The zero-order valence-electron chi connectivity index (χ0n) is 23.1. The lowest BCUT2D eigenvalue weighted by atomic mass is 9.51. The zero-order valence-corrected chi connectivity index (χ0v) is 23.1. The number of nitrogens with zero attached hydrogens (tertiary/aromatic N) is 2. The highest BCUT2D eigenvalue weighted by atomic mass is 16.5. The number of likely N-dealkylation sites (N-methyl/N-ethyl adjacent to an activating group) is 1. The highest BCUT2D eigenvalue weighted by Crippen LogP contribution is 2.65. The van der Waals surface area contributed by atoms with E-state index in [9.17, 15) is 9.90 Å². The second kappa shape index (κ2) is 9.24. The Kier molecular flexibility index (Phi) is 6.11. The Hall–Kier alpha value is -3.17. The lowest BCUT2D eigenvalue weighted by Gasteiger charge is -2.60. The number of rotatable bonds is 4. The van der Waals surface area contributed by atoms with Gasteiger partial charge in [0.1, 0.15) is 11.9 Å². The van der Waals surface area contributed by atoms with Crippen molar-refractivity contribution in [1.29, 1.82) is 0 Å². The van der Waals surface area contributed by atoms with Crippen molar-refractivity contribution in [3.63, 3.8) is 0 Å². The van der Waals surface area contributed by atoms with Gasteiger partial charge in [0.15, 0.2) is 11.5 Å². The van der Waals surface area contributed by atoms with Gasteiger partial charge in [0, 0.05) is 46.7 Å². The zero-order chi connectivity index (χ0) is 26.8. The van der Waals surface area contributed by atoms with E-state index in [0.29, 0.717) is 35.9 Å². The van der Waals surface area contributed by atoms with E-state index < -0.39 is 0 Å². The van der Waals surface area contributed by atoms with Gasteiger partial charge >= 0.3 is 0 Å². The average molecular weight is 515 g/mol. The summed E-state index contributed by atoms with van der Waals surface area (Å²) in [5.41, 5.74) is 3.87. The van der Waals surface area contributed by atoms with Crippen LogP contribution in [-0.4, -0.2) is 66.2 Å². The minimum Gasteiger partial charge on any atom is -0.508 e. The fourth-order valence-corrected chi connectivity index (χ4v) is 7.92. The van der Waals surface area contributed by atoms with Gasteiger partial charge in [-0.05, 0) is 75.7 Å². The maximum Gasteiger partial charge on any atom is 0.299 e. The second-order valence-corrected chi connectivity index (χ2v) is 12.1. The molecule has 1 spiro atoms. The van der Waals surface area contributed by atoms with E-state index in [1.807, 2.05) is 36.1 Å². The van der Waals surface area contributed by atoms with Crippen molar-refractivity contribution in [2.75, 3.05) is 27.2 Å². The summed E-state index contributed by atoms with van der Waals surface area (Å²) in [6, 6.07) is 9.92. The lowest BCUT2D eigenvalue weighted by molar-refractivity contribution is -0.137. The molecule has 1 amide bonds. The minimum atomic E-state index is -0.242. The Morgan fingerprint density at radius 1 is 1.32 bits per heavy atom. The van der Waals surface area contributed by atoms with Gasteiger partial charge in [0.05, 0.1) is 13.2 Å². The summed E-state index contributed by atoms with van der Waals surface area (Å²) < 4.78 is 12.6. The number of amides is 1. The molecule has 0 aromatic heterocycles. The second-order valence-electron chi connectivity index (χ2n) is 12.1. The number of likely N-dealkylation sites (tertiary alicyclic amines) is 1. The van der Waals surface area contributed by atoms with Crippen molar-refractivity contribution in [3.8, 4) is 29.1 Å². The Labute approximate surface area is 225 Å². The number of benzene rings is 2. The summed E-state index contributed by atoms with van der Waals surface area (Å²) in [4.78, 5) is 18.2. The smallest absolute Gasteiger partial charge is 0.299 e. The third kappa shape index (κ3) is 3.70. The number of aromatic hydroxyl groups is 1. The number of hydrogen-bond donors (Lipinski definition) is 1. The molecular weight excluding hydrogens is 476 g/mol. The van der Waals surface area contributed by atoms with Crippen molar-refractivity contribution in [2.45, 2.75) is 70.1 Å². The Morgan fingerprint density at radius 3 is 2.87 bits per heavy atom. The molecule has 2 aliphatic heterocycles. The van der Waals surface area contributed by atoms with Gasteiger partial charge < -0.3 is 24.4 Å². The molecule has 200 valence electrons. The van der Waals surface area contributed by atoms with Crippen LogP contribution < -0.4 is 9.47 Å². The first kappa shape index (κ1) is 25.1. The van der Waals surface area contributed by atoms with Gasteiger partial charge in [0.25, 0.3) is 5.91 Å². The number of piperidine rings is 1. The lowest BCUT2D eigenvalue weighted by Crippen LogP contribution is -2.68. The monoisotopic (exact) mass is 514 g/mol. The van der Waals surface area contributed by atoms with Crippen LogP contribution in [0, 0.1) is 30.6 Å². The summed E-state index contributed by atoms with van der Waals surface area (Å²) in [7, 11) is 3.84. The number of phenolic OH excluding ortho intramolecular Hbond substituents is 1. The summed E-state index contributed by atoms with van der Waals surface area (Å²) in [5, 5.41) is 11.1. The molecule has 0 radical (unpaired) electrons. The molecule has 2 aromatic carbocycles. The van der Waals surface area contributed by atoms with E-state index in [1.165, 1.54) is 0 Å². The first-order valence-corrected chi connectivity index (χ1v) is 13.9. The molecule has 1 saturated carbocycles. The van der Waals surface area contributed by atoms with Crippen molar-refractivity contribution in [2.24, 2.45) is 11.8 Å². The van der Waals surface area contributed by atoms with Crippen LogP contribution in [0.15, 0.2) is 30.3 Å². The van der Waals surface area contributed by atoms with Crippen LogP contribution >= 0.6 is 0 Å². The molecule has 5 atom stereocenters. The van der Waals surface area contributed by atoms with E-state index >= 15 is 0 Å². The summed E-state index contributed by atoms with van der Waals surface area (Å²) in [5.74, 6) is 8.30. The molecule has 6 rings (SSSR count). The molecule has 1 N–H and O–H groups in total. The summed E-state index contributed by atoms with van der Waals surface area (Å²) in [6.07, 6.45) is 3.47. The van der Waals surface area contributed by atoms with Crippen LogP contribution in [0.4, 0.5) is 0 Å². The van der Waals surface area contributed by atoms with Gasteiger partial charge in [-0.3, -0.25) is 4.79 Å². The molecule has 38 heavy (non-hydrogen) atoms. The van der Waals surface area contributed by atoms with Gasteiger partial charge in [-0.2, -0.15) is 0 Å². The summed E-state index contributed by atoms with van der Waals surface area (Å²) >= 11 is 0. The Morgan fingerprint density at radius 2 is 2.13 bits per heavy atom. The van der Waals surface area contributed by atoms with Gasteiger partial charge in [-0.1, -0.05) is 31.9 Å². The molecule has 2 fully saturated rings. The summed E-state index contributed by atoms with van der Waals surface area (Å²) in [6.45, 7) is 7.92. The van der Waals surface area contributed by atoms with Crippen molar-refractivity contribution >= 4 is 5.91 Å². The number of carbonyl (C=O) groups excluding carboxylic acids is 1. The standard InChI is InChI=1S/C32H38N2O4/c1-19(2)18-34(28(36)12-9-21-8-6-7-20(3)15-21)24-11-10-23-25-16-22-26(35)17-27(37-5)30-29(22)32(23,31(24)38-30)13-14-33(25)4/h6-8,15,17,19,23-25,31,35H,10-11,13-14,16,18H2,1-5H3/t23-,24+,25+,31-,32-/m0/s1. The quantitative estimate of drug-likeness (QED) is 0.617. The van der Waals surface area contributed by atoms with E-state index in [4.69, 9.17) is 9.47 Å². The third-order valence-electron chi connectivity index (χ3n) is 9.43.